The summed E-state index contributed by atoms with van der Waals surface area (Å²) in [5, 5.41) is 10.9. The van der Waals surface area contributed by atoms with E-state index in [1.54, 1.807) is 41.4 Å². The average Bonchev–Trinajstić information content (AvgIpc) is 3.10. The molecule has 28 heavy (non-hydrogen) atoms. The zero-order valence-corrected chi connectivity index (χ0v) is 17.3. The van der Waals surface area contributed by atoms with E-state index in [9.17, 15) is 9.59 Å². The number of anilines is 3. The molecule has 0 fully saturated rings. The number of nitrogens with zero attached hydrogens (tertiary/aromatic N) is 1. The van der Waals surface area contributed by atoms with Crippen molar-refractivity contribution in [3.8, 4) is 0 Å². The van der Waals surface area contributed by atoms with Crippen LogP contribution < -0.4 is 16.0 Å². The second-order valence-electron chi connectivity index (χ2n) is 5.69. The van der Waals surface area contributed by atoms with Gasteiger partial charge in [-0.1, -0.05) is 17.7 Å². The summed E-state index contributed by atoms with van der Waals surface area (Å²) in [4.78, 5) is 29.6. The summed E-state index contributed by atoms with van der Waals surface area (Å²) in [6.45, 7) is 0. The van der Waals surface area contributed by atoms with Gasteiger partial charge in [-0.2, -0.15) is 0 Å². The molecule has 9 heteroatoms. The van der Waals surface area contributed by atoms with Gasteiger partial charge in [0.05, 0.1) is 12.1 Å². The first-order chi connectivity index (χ1) is 13.5. The summed E-state index contributed by atoms with van der Waals surface area (Å²) in [5.74, 6) is -0.166. The van der Waals surface area contributed by atoms with Crippen LogP contribution >= 0.6 is 34.7 Å². The molecule has 0 saturated carbocycles. The molecule has 0 aliphatic heterocycles. The fraction of sp³-hybridized carbons (Fsp3) is 0.105. The normalized spacial score (nSPS) is 10.4. The number of carbonyl (C=O) groups is 2. The van der Waals surface area contributed by atoms with Gasteiger partial charge < -0.3 is 10.6 Å². The van der Waals surface area contributed by atoms with Crippen molar-refractivity contribution < 1.29 is 9.59 Å². The quantitative estimate of drug-likeness (QED) is 0.459. The monoisotopic (exact) mass is 432 g/mol. The zero-order valence-electron chi connectivity index (χ0n) is 14.9. The zero-order chi connectivity index (χ0) is 19.9. The van der Waals surface area contributed by atoms with Crippen LogP contribution in [0.15, 0.2) is 58.8 Å². The number of hydrogen-bond donors (Lipinski definition) is 3. The molecule has 0 radical (unpaired) electrons. The lowest BCUT2D eigenvalue weighted by atomic mass is 10.3. The predicted octanol–water partition coefficient (Wildman–Crippen LogP) is 5.34. The Kier molecular flexibility index (Phi) is 6.91. The molecule has 1 aromatic heterocycles. The largest absolute Gasteiger partial charge is 0.326 e. The molecule has 0 atom stereocenters. The number of thiazole rings is 1. The molecule has 6 nitrogen and oxygen atoms in total. The summed E-state index contributed by atoms with van der Waals surface area (Å²) >= 11 is 8.69. The first-order valence-electron chi connectivity index (χ1n) is 8.24. The smallest absolute Gasteiger partial charge is 0.325 e. The Morgan fingerprint density at radius 1 is 1.07 bits per heavy atom. The second kappa shape index (κ2) is 9.59. The Morgan fingerprint density at radius 2 is 1.86 bits per heavy atom. The molecule has 0 saturated heterocycles. The van der Waals surface area contributed by atoms with Crippen molar-refractivity contribution in [2.75, 3.05) is 22.2 Å². The third-order valence-electron chi connectivity index (χ3n) is 3.57. The highest BCUT2D eigenvalue weighted by atomic mass is 35.5. The third-order valence-corrected chi connectivity index (χ3v) is 5.35. The standard InChI is InChI=1S/C19H17ClN4O2S2/c1-27-16-4-2-3-14(9-16)21-17(25)10-15-11-28-19(23-15)24-18(26)22-13-7-5-12(20)6-8-13/h2-9,11H,10H2,1H3,(H,21,25)(H2,22,23,24,26). The molecule has 0 spiro atoms. The van der Waals surface area contributed by atoms with E-state index in [1.165, 1.54) is 11.3 Å². The second-order valence-corrected chi connectivity index (χ2v) is 7.86. The maximum Gasteiger partial charge on any atom is 0.325 e. The van der Waals surface area contributed by atoms with E-state index in [0.717, 1.165) is 10.6 Å². The molecule has 0 aliphatic carbocycles. The molecular formula is C19H17ClN4O2S2. The lowest BCUT2D eigenvalue weighted by molar-refractivity contribution is -0.115. The molecule has 0 aliphatic rings. The van der Waals surface area contributed by atoms with Crippen LogP contribution in [0, 0.1) is 0 Å². The summed E-state index contributed by atoms with van der Waals surface area (Å²) in [7, 11) is 0. The van der Waals surface area contributed by atoms with Gasteiger partial charge in [0.2, 0.25) is 5.91 Å². The number of hydrogen-bond acceptors (Lipinski definition) is 5. The fourth-order valence-electron chi connectivity index (χ4n) is 2.31. The van der Waals surface area contributed by atoms with E-state index >= 15 is 0 Å². The van der Waals surface area contributed by atoms with Crippen molar-refractivity contribution in [2.45, 2.75) is 11.3 Å². The van der Waals surface area contributed by atoms with Crippen molar-refractivity contribution in [3.05, 3.63) is 64.6 Å². The Morgan fingerprint density at radius 3 is 2.61 bits per heavy atom. The van der Waals surface area contributed by atoms with E-state index in [0.29, 0.717) is 21.5 Å². The lowest BCUT2D eigenvalue weighted by Gasteiger charge is -2.06. The number of benzene rings is 2. The van der Waals surface area contributed by atoms with Gasteiger partial charge in [0.25, 0.3) is 0 Å². The minimum atomic E-state index is -0.415. The Hall–Kier alpha value is -2.55. The van der Waals surface area contributed by atoms with Crippen molar-refractivity contribution in [2.24, 2.45) is 0 Å². The maximum atomic E-state index is 12.2. The molecule has 3 amide bonds. The highest BCUT2D eigenvalue weighted by Crippen LogP contribution is 2.20. The van der Waals surface area contributed by atoms with Gasteiger partial charge in [-0.15, -0.1) is 23.1 Å². The number of rotatable bonds is 6. The highest BCUT2D eigenvalue weighted by Gasteiger charge is 2.11. The highest BCUT2D eigenvalue weighted by molar-refractivity contribution is 7.98. The van der Waals surface area contributed by atoms with Crippen LogP contribution in [0.4, 0.5) is 21.3 Å². The lowest BCUT2D eigenvalue weighted by Crippen LogP contribution is -2.19. The number of nitrogens with one attached hydrogen (secondary N) is 3. The summed E-state index contributed by atoms with van der Waals surface area (Å²) < 4.78 is 0. The van der Waals surface area contributed by atoms with Gasteiger partial charge in [0, 0.05) is 26.7 Å². The topological polar surface area (TPSA) is 83.1 Å². The molecule has 1 heterocycles. The van der Waals surface area contributed by atoms with Gasteiger partial charge in [-0.05, 0) is 48.7 Å². The first-order valence-corrected chi connectivity index (χ1v) is 10.7. The maximum absolute atomic E-state index is 12.2. The molecule has 0 unspecified atom stereocenters. The molecular weight excluding hydrogens is 416 g/mol. The van der Waals surface area contributed by atoms with Gasteiger partial charge in [0.15, 0.2) is 5.13 Å². The number of halogens is 1. The van der Waals surface area contributed by atoms with E-state index in [2.05, 4.69) is 20.9 Å². The number of aromatic nitrogens is 1. The Balaban J connectivity index is 1.52. The average molecular weight is 433 g/mol. The van der Waals surface area contributed by atoms with Crippen LogP contribution in [0.1, 0.15) is 5.69 Å². The molecule has 2 aromatic carbocycles. The van der Waals surface area contributed by atoms with Crippen LogP contribution in [-0.4, -0.2) is 23.2 Å². The van der Waals surface area contributed by atoms with Crippen LogP contribution in [0.2, 0.25) is 5.02 Å². The van der Waals surface area contributed by atoms with E-state index in [4.69, 9.17) is 11.6 Å². The summed E-state index contributed by atoms with van der Waals surface area (Å²) in [6.07, 6.45) is 2.11. The van der Waals surface area contributed by atoms with Gasteiger partial charge in [-0.3, -0.25) is 10.1 Å². The Bertz CT molecular complexity index is 976. The van der Waals surface area contributed by atoms with Gasteiger partial charge in [0.1, 0.15) is 0 Å². The number of urea groups is 1. The van der Waals surface area contributed by atoms with Gasteiger partial charge >= 0.3 is 6.03 Å². The van der Waals surface area contributed by atoms with Crippen LogP contribution in [0.5, 0.6) is 0 Å². The predicted molar refractivity (Wildman–Crippen MR) is 117 cm³/mol. The SMILES string of the molecule is CSc1cccc(NC(=O)Cc2csc(NC(=O)Nc3ccc(Cl)cc3)n2)c1. The third kappa shape index (κ3) is 5.98. The molecule has 144 valence electrons. The summed E-state index contributed by atoms with van der Waals surface area (Å²) in [5.41, 5.74) is 1.95. The van der Waals surface area contributed by atoms with Crippen molar-refractivity contribution in [3.63, 3.8) is 0 Å². The van der Waals surface area contributed by atoms with Crippen LogP contribution in [0.25, 0.3) is 0 Å². The van der Waals surface area contributed by atoms with Crippen molar-refractivity contribution in [1.82, 2.24) is 4.98 Å². The number of amides is 3. The minimum Gasteiger partial charge on any atom is -0.326 e. The van der Waals surface area contributed by atoms with E-state index in [-0.39, 0.29) is 12.3 Å². The van der Waals surface area contributed by atoms with E-state index < -0.39 is 6.03 Å². The molecule has 3 aromatic rings. The Labute approximate surface area is 175 Å². The molecule has 3 N–H and O–H groups in total. The first kappa shape index (κ1) is 20.2. The fourth-order valence-corrected chi connectivity index (χ4v) is 3.60. The molecule has 3 rings (SSSR count). The van der Waals surface area contributed by atoms with Gasteiger partial charge in [-0.25, -0.2) is 9.78 Å². The number of thioether (sulfide) groups is 1. The van der Waals surface area contributed by atoms with Crippen molar-refractivity contribution >= 4 is 63.1 Å². The molecule has 0 bridgehead atoms. The van der Waals surface area contributed by atoms with Crippen LogP contribution in [-0.2, 0) is 11.2 Å². The van der Waals surface area contributed by atoms with Crippen LogP contribution in [0.3, 0.4) is 0 Å². The minimum absolute atomic E-state index is 0.125. The van der Waals surface area contributed by atoms with E-state index in [1.807, 2.05) is 30.5 Å². The van der Waals surface area contributed by atoms with Crippen molar-refractivity contribution in [1.29, 1.82) is 0 Å². The number of carbonyl (C=O) groups excluding carboxylic acids is 2. The summed E-state index contributed by atoms with van der Waals surface area (Å²) in [6, 6.07) is 14.0.